The van der Waals surface area contributed by atoms with Gasteiger partial charge < -0.3 is 15.4 Å². The minimum absolute atomic E-state index is 0.0476. The predicted octanol–water partition coefficient (Wildman–Crippen LogP) is 1.96. The van der Waals surface area contributed by atoms with Gasteiger partial charge in [0.1, 0.15) is 5.75 Å². The van der Waals surface area contributed by atoms with Crippen molar-refractivity contribution < 1.29 is 9.53 Å². The third-order valence-electron chi connectivity index (χ3n) is 3.93. The highest BCUT2D eigenvalue weighted by atomic mass is 16.5. The Labute approximate surface area is 120 Å². The normalized spacial score (nSPS) is 19.1. The van der Waals surface area contributed by atoms with E-state index in [9.17, 15) is 4.79 Å². The van der Waals surface area contributed by atoms with Crippen molar-refractivity contribution in [2.24, 2.45) is 5.41 Å². The van der Waals surface area contributed by atoms with E-state index in [4.69, 9.17) is 4.74 Å². The molecule has 0 saturated carbocycles. The molecule has 1 heterocycles. The average molecular weight is 276 g/mol. The molecule has 2 rings (SSSR count). The van der Waals surface area contributed by atoms with E-state index >= 15 is 0 Å². The standard InChI is InChI=1S/C16H24N2O2/c1-13(20-14-6-4-3-5-7-14)15(19)18-12-16(2)8-10-17-11-9-16/h3-7,13,17H,8-12H2,1-2H3,(H,18,19)/t13-/m0/s1. The quantitative estimate of drug-likeness (QED) is 0.864. The van der Waals surface area contributed by atoms with Gasteiger partial charge in [0.15, 0.2) is 6.10 Å². The van der Waals surface area contributed by atoms with E-state index in [1.54, 1.807) is 6.92 Å². The molecular weight excluding hydrogens is 252 g/mol. The molecule has 0 bridgehead atoms. The van der Waals surface area contributed by atoms with E-state index in [2.05, 4.69) is 17.6 Å². The second-order valence-corrected chi connectivity index (χ2v) is 5.85. The summed E-state index contributed by atoms with van der Waals surface area (Å²) >= 11 is 0. The zero-order valence-electron chi connectivity index (χ0n) is 12.3. The predicted molar refractivity (Wildman–Crippen MR) is 79.8 cm³/mol. The van der Waals surface area contributed by atoms with Crippen LogP contribution < -0.4 is 15.4 Å². The van der Waals surface area contributed by atoms with Gasteiger partial charge in [-0.05, 0) is 50.4 Å². The third kappa shape index (κ3) is 4.23. The molecule has 4 heteroatoms. The Hall–Kier alpha value is -1.55. The molecule has 20 heavy (non-hydrogen) atoms. The van der Waals surface area contributed by atoms with Gasteiger partial charge in [-0.1, -0.05) is 25.1 Å². The van der Waals surface area contributed by atoms with Gasteiger partial charge in [-0.2, -0.15) is 0 Å². The van der Waals surface area contributed by atoms with Crippen LogP contribution >= 0.6 is 0 Å². The number of benzene rings is 1. The lowest BCUT2D eigenvalue weighted by atomic mass is 9.81. The van der Waals surface area contributed by atoms with Crippen LogP contribution in [0.3, 0.4) is 0 Å². The number of hydrogen-bond donors (Lipinski definition) is 2. The summed E-state index contributed by atoms with van der Waals surface area (Å²) in [6, 6.07) is 9.44. The highest BCUT2D eigenvalue weighted by Crippen LogP contribution is 2.26. The molecule has 1 fully saturated rings. The molecule has 0 radical (unpaired) electrons. The van der Waals surface area contributed by atoms with Crippen molar-refractivity contribution in [3.63, 3.8) is 0 Å². The maximum absolute atomic E-state index is 12.1. The van der Waals surface area contributed by atoms with Crippen LogP contribution in [-0.2, 0) is 4.79 Å². The number of carbonyl (C=O) groups is 1. The minimum atomic E-state index is -0.470. The first-order chi connectivity index (χ1) is 9.59. The number of para-hydroxylation sites is 1. The molecular formula is C16H24N2O2. The fourth-order valence-electron chi connectivity index (χ4n) is 2.41. The van der Waals surface area contributed by atoms with Crippen LogP contribution in [0.15, 0.2) is 30.3 Å². The van der Waals surface area contributed by atoms with Gasteiger partial charge in [0, 0.05) is 6.54 Å². The van der Waals surface area contributed by atoms with Crippen LogP contribution in [-0.4, -0.2) is 31.6 Å². The second-order valence-electron chi connectivity index (χ2n) is 5.85. The molecule has 0 aliphatic carbocycles. The molecule has 1 aliphatic heterocycles. The number of hydrogen-bond acceptors (Lipinski definition) is 3. The zero-order valence-corrected chi connectivity index (χ0v) is 12.3. The first-order valence-corrected chi connectivity index (χ1v) is 7.29. The fraction of sp³-hybridized carbons (Fsp3) is 0.562. The van der Waals surface area contributed by atoms with Crippen LogP contribution in [0.5, 0.6) is 5.75 Å². The molecule has 1 aromatic rings. The number of nitrogens with one attached hydrogen (secondary N) is 2. The van der Waals surface area contributed by atoms with Gasteiger partial charge in [-0.3, -0.25) is 4.79 Å². The Bertz CT molecular complexity index is 427. The molecule has 1 atom stereocenters. The minimum Gasteiger partial charge on any atom is -0.481 e. The lowest BCUT2D eigenvalue weighted by Gasteiger charge is -2.34. The van der Waals surface area contributed by atoms with Gasteiger partial charge in [0.2, 0.25) is 0 Å². The van der Waals surface area contributed by atoms with Gasteiger partial charge in [-0.15, -0.1) is 0 Å². The topological polar surface area (TPSA) is 50.4 Å². The SMILES string of the molecule is C[C@H](Oc1ccccc1)C(=O)NCC1(C)CCNCC1. The molecule has 0 aromatic heterocycles. The molecule has 110 valence electrons. The number of rotatable bonds is 5. The van der Waals surface area contributed by atoms with E-state index in [-0.39, 0.29) is 11.3 Å². The summed E-state index contributed by atoms with van der Waals surface area (Å²) in [5.41, 5.74) is 0.202. The van der Waals surface area contributed by atoms with E-state index in [0.29, 0.717) is 0 Å². The molecule has 1 saturated heterocycles. The van der Waals surface area contributed by atoms with Gasteiger partial charge in [0.25, 0.3) is 5.91 Å². The fourth-order valence-corrected chi connectivity index (χ4v) is 2.41. The number of piperidine rings is 1. The summed E-state index contributed by atoms with van der Waals surface area (Å²) in [6.45, 7) is 6.80. The number of amides is 1. The third-order valence-corrected chi connectivity index (χ3v) is 3.93. The smallest absolute Gasteiger partial charge is 0.260 e. The summed E-state index contributed by atoms with van der Waals surface area (Å²) in [4.78, 5) is 12.1. The Balaban J connectivity index is 1.79. The Morgan fingerprint density at radius 3 is 2.65 bits per heavy atom. The van der Waals surface area contributed by atoms with Gasteiger partial charge >= 0.3 is 0 Å². The van der Waals surface area contributed by atoms with E-state index in [0.717, 1.165) is 38.2 Å². The average Bonchev–Trinajstić information content (AvgIpc) is 2.46. The van der Waals surface area contributed by atoms with Crippen LogP contribution in [0.2, 0.25) is 0 Å². The molecule has 1 aliphatic rings. The van der Waals surface area contributed by atoms with Crippen LogP contribution in [0.1, 0.15) is 26.7 Å². The van der Waals surface area contributed by atoms with E-state index < -0.39 is 6.10 Å². The summed E-state index contributed by atoms with van der Waals surface area (Å²) in [7, 11) is 0. The Kier molecular flexibility index (Phi) is 5.01. The van der Waals surface area contributed by atoms with Crippen LogP contribution in [0, 0.1) is 5.41 Å². The van der Waals surface area contributed by atoms with Crippen molar-refractivity contribution in [1.29, 1.82) is 0 Å². The van der Waals surface area contributed by atoms with Crippen molar-refractivity contribution in [2.45, 2.75) is 32.8 Å². The van der Waals surface area contributed by atoms with Crippen molar-refractivity contribution in [3.05, 3.63) is 30.3 Å². The van der Waals surface area contributed by atoms with E-state index in [1.807, 2.05) is 30.3 Å². The molecule has 0 unspecified atom stereocenters. The lowest BCUT2D eigenvalue weighted by Crippen LogP contribution is -2.45. The van der Waals surface area contributed by atoms with Crippen LogP contribution in [0.4, 0.5) is 0 Å². The maximum Gasteiger partial charge on any atom is 0.260 e. The summed E-state index contributed by atoms with van der Waals surface area (Å²) in [6.07, 6.45) is 1.73. The Morgan fingerprint density at radius 1 is 1.35 bits per heavy atom. The van der Waals surface area contributed by atoms with Crippen molar-refractivity contribution >= 4 is 5.91 Å². The largest absolute Gasteiger partial charge is 0.481 e. The first kappa shape index (κ1) is 14.9. The van der Waals surface area contributed by atoms with Crippen molar-refractivity contribution in [3.8, 4) is 5.75 Å². The number of ether oxygens (including phenoxy) is 1. The lowest BCUT2D eigenvalue weighted by molar-refractivity contribution is -0.127. The van der Waals surface area contributed by atoms with Crippen molar-refractivity contribution in [2.75, 3.05) is 19.6 Å². The molecule has 4 nitrogen and oxygen atoms in total. The highest BCUT2D eigenvalue weighted by molar-refractivity contribution is 5.80. The van der Waals surface area contributed by atoms with Crippen molar-refractivity contribution in [1.82, 2.24) is 10.6 Å². The summed E-state index contributed by atoms with van der Waals surface area (Å²) < 4.78 is 5.62. The monoisotopic (exact) mass is 276 g/mol. The van der Waals surface area contributed by atoms with Gasteiger partial charge in [-0.25, -0.2) is 0 Å². The summed E-state index contributed by atoms with van der Waals surface area (Å²) in [5, 5.41) is 6.37. The number of carbonyl (C=O) groups excluding carboxylic acids is 1. The van der Waals surface area contributed by atoms with E-state index in [1.165, 1.54) is 0 Å². The highest BCUT2D eigenvalue weighted by Gasteiger charge is 2.28. The van der Waals surface area contributed by atoms with Crippen LogP contribution in [0.25, 0.3) is 0 Å². The molecule has 1 aromatic carbocycles. The first-order valence-electron chi connectivity index (χ1n) is 7.29. The zero-order chi connectivity index (χ0) is 14.4. The Morgan fingerprint density at radius 2 is 2.00 bits per heavy atom. The molecule has 2 N–H and O–H groups in total. The maximum atomic E-state index is 12.1. The second kappa shape index (κ2) is 6.75. The molecule has 0 spiro atoms. The molecule has 1 amide bonds. The summed E-state index contributed by atoms with van der Waals surface area (Å²) in [5.74, 6) is 0.678. The van der Waals surface area contributed by atoms with Gasteiger partial charge in [0.05, 0.1) is 0 Å².